The average molecular weight is 223 g/mol. The van der Waals surface area contributed by atoms with Gasteiger partial charge in [-0.05, 0) is 12.5 Å². The number of aliphatic carboxylic acids is 1. The van der Waals surface area contributed by atoms with E-state index in [4.69, 9.17) is 9.84 Å². The molecular formula is C12H17NO3. The molecule has 0 spiro atoms. The molecule has 0 aliphatic heterocycles. The molecule has 88 valence electrons. The second-order valence-electron chi connectivity index (χ2n) is 3.64. The van der Waals surface area contributed by atoms with E-state index in [0.717, 1.165) is 5.56 Å². The molecule has 2 unspecified atom stereocenters. The molecule has 0 heterocycles. The standard InChI is InChI=1S/C12H17NO3/c1-9(16-2)8-13-11(12(14)15)10-6-4-3-5-7-10/h3-7,9,11,13H,8H2,1-2H3,(H,14,15). The van der Waals surface area contributed by atoms with Crippen molar-refractivity contribution in [2.45, 2.75) is 19.1 Å². The van der Waals surface area contributed by atoms with Crippen molar-refractivity contribution in [2.24, 2.45) is 0 Å². The van der Waals surface area contributed by atoms with E-state index in [9.17, 15) is 4.79 Å². The SMILES string of the molecule is COC(C)CNC(C(=O)O)c1ccccc1. The number of benzene rings is 1. The number of ether oxygens (including phenoxy) is 1. The van der Waals surface area contributed by atoms with Crippen LogP contribution in [0.3, 0.4) is 0 Å². The van der Waals surface area contributed by atoms with Crippen LogP contribution in [0.2, 0.25) is 0 Å². The van der Waals surface area contributed by atoms with E-state index in [1.807, 2.05) is 25.1 Å². The van der Waals surface area contributed by atoms with Crippen molar-refractivity contribution < 1.29 is 14.6 Å². The van der Waals surface area contributed by atoms with Crippen LogP contribution in [0.1, 0.15) is 18.5 Å². The van der Waals surface area contributed by atoms with Crippen LogP contribution >= 0.6 is 0 Å². The van der Waals surface area contributed by atoms with Crippen molar-refractivity contribution in [2.75, 3.05) is 13.7 Å². The van der Waals surface area contributed by atoms with Gasteiger partial charge in [-0.2, -0.15) is 0 Å². The molecule has 0 aliphatic rings. The number of carboxylic acid groups (broad SMARTS) is 1. The second-order valence-corrected chi connectivity index (χ2v) is 3.64. The van der Waals surface area contributed by atoms with Crippen LogP contribution in [0.25, 0.3) is 0 Å². The van der Waals surface area contributed by atoms with Crippen LogP contribution in [-0.4, -0.2) is 30.8 Å². The molecule has 4 heteroatoms. The smallest absolute Gasteiger partial charge is 0.325 e. The number of nitrogens with one attached hydrogen (secondary N) is 1. The minimum Gasteiger partial charge on any atom is -0.480 e. The van der Waals surface area contributed by atoms with Crippen molar-refractivity contribution in [3.8, 4) is 0 Å². The number of rotatable bonds is 6. The monoisotopic (exact) mass is 223 g/mol. The third-order valence-corrected chi connectivity index (χ3v) is 2.39. The first kappa shape index (κ1) is 12.7. The molecule has 1 rings (SSSR count). The van der Waals surface area contributed by atoms with Gasteiger partial charge in [0.2, 0.25) is 0 Å². The van der Waals surface area contributed by atoms with E-state index in [-0.39, 0.29) is 6.10 Å². The van der Waals surface area contributed by atoms with Crippen molar-refractivity contribution in [1.29, 1.82) is 0 Å². The minimum atomic E-state index is -0.880. The summed E-state index contributed by atoms with van der Waals surface area (Å²) in [6.07, 6.45) is -0.00874. The highest BCUT2D eigenvalue weighted by Gasteiger charge is 2.19. The fraction of sp³-hybridized carbons (Fsp3) is 0.417. The zero-order chi connectivity index (χ0) is 12.0. The molecule has 4 nitrogen and oxygen atoms in total. The van der Waals surface area contributed by atoms with Crippen LogP contribution in [0.15, 0.2) is 30.3 Å². The molecular weight excluding hydrogens is 206 g/mol. The van der Waals surface area contributed by atoms with Gasteiger partial charge in [0.15, 0.2) is 0 Å². The Morgan fingerprint density at radius 1 is 1.44 bits per heavy atom. The quantitative estimate of drug-likeness (QED) is 0.766. The highest BCUT2D eigenvalue weighted by atomic mass is 16.5. The summed E-state index contributed by atoms with van der Waals surface area (Å²) in [5.74, 6) is -0.880. The lowest BCUT2D eigenvalue weighted by atomic mass is 10.1. The Morgan fingerprint density at radius 3 is 2.56 bits per heavy atom. The van der Waals surface area contributed by atoms with Crippen molar-refractivity contribution >= 4 is 5.97 Å². The summed E-state index contributed by atoms with van der Waals surface area (Å²) < 4.78 is 5.06. The van der Waals surface area contributed by atoms with Crippen LogP contribution in [0, 0.1) is 0 Å². The molecule has 0 aromatic heterocycles. The first-order valence-electron chi connectivity index (χ1n) is 5.19. The van der Waals surface area contributed by atoms with E-state index in [2.05, 4.69) is 5.32 Å². The Hall–Kier alpha value is -1.39. The van der Waals surface area contributed by atoms with E-state index < -0.39 is 12.0 Å². The van der Waals surface area contributed by atoms with Gasteiger partial charge < -0.3 is 9.84 Å². The van der Waals surface area contributed by atoms with Crippen LogP contribution < -0.4 is 5.32 Å². The molecule has 0 amide bonds. The van der Waals surface area contributed by atoms with Gasteiger partial charge in [-0.25, -0.2) is 0 Å². The zero-order valence-corrected chi connectivity index (χ0v) is 9.51. The van der Waals surface area contributed by atoms with Crippen molar-refractivity contribution in [1.82, 2.24) is 5.32 Å². The van der Waals surface area contributed by atoms with E-state index >= 15 is 0 Å². The lowest BCUT2D eigenvalue weighted by Crippen LogP contribution is -2.34. The highest BCUT2D eigenvalue weighted by molar-refractivity contribution is 5.75. The molecule has 2 atom stereocenters. The summed E-state index contributed by atoms with van der Waals surface area (Å²) in [5, 5.41) is 12.1. The summed E-state index contributed by atoms with van der Waals surface area (Å²) in [4.78, 5) is 11.1. The lowest BCUT2D eigenvalue weighted by Gasteiger charge is -2.17. The number of carbonyl (C=O) groups is 1. The maximum absolute atomic E-state index is 11.1. The van der Waals surface area contributed by atoms with Gasteiger partial charge in [-0.15, -0.1) is 0 Å². The van der Waals surface area contributed by atoms with Crippen molar-refractivity contribution in [3.63, 3.8) is 0 Å². The summed E-state index contributed by atoms with van der Waals surface area (Å²) in [7, 11) is 1.60. The summed E-state index contributed by atoms with van der Waals surface area (Å²) in [6, 6.07) is 8.42. The molecule has 0 radical (unpaired) electrons. The molecule has 1 aromatic carbocycles. The van der Waals surface area contributed by atoms with Gasteiger partial charge in [-0.1, -0.05) is 30.3 Å². The molecule has 2 N–H and O–H groups in total. The maximum atomic E-state index is 11.1. The third kappa shape index (κ3) is 3.64. The number of hydrogen-bond donors (Lipinski definition) is 2. The van der Waals surface area contributed by atoms with Gasteiger partial charge in [0.1, 0.15) is 6.04 Å². The highest BCUT2D eigenvalue weighted by Crippen LogP contribution is 2.12. The van der Waals surface area contributed by atoms with Gasteiger partial charge >= 0.3 is 5.97 Å². The molecule has 16 heavy (non-hydrogen) atoms. The fourth-order valence-electron chi connectivity index (χ4n) is 1.36. The topological polar surface area (TPSA) is 58.6 Å². The maximum Gasteiger partial charge on any atom is 0.325 e. The number of hydrogen-bond acceptors (Lipinski definition) is 3. The first-order chi connectivity index (χ1) is 7.65. The Kier molecular flexibility index (Phi) is 4.95. The van der Waals surface area contributed by atoms with E-state index in [0.29, 0.717) is 6.54 Å². The summed E-state index contributed by atoms with van der Waals surface area (Å²) in [6.45, 7) is 2.39. The molecule has 0 saturated carbocycles. The predicted octanol–water partition coefficient (Wildman–Crippen LogP) is 1.44. The van der Waals surface area contributed by atoms with Gasteiger partial charge in [0.25, 0.3) is 0 Å². The molecule has 0 fully saturated rings. The largest absolute Gasteiger partial charge is 0.480 e. The first-order valence-corrected chi connectivity index (χ1v) is 5.19. The third-order valence-electron chi connectivity index (χ3n) is 2.39. The Balaban J connectivity index is 2.66. The molecule has 0 aliphatic carbocycles. The Labute approximate surface area is 95.2 Å². The second kappa shape index (κ2) is 6.25. The number of carboxylic acids is 1. The minimum absolute atomic E-state index is 0.00874. The Bertz CT molecular complexity index is 326. The van der Waals surface area contributed by atoms with Gasteiger partial charge in [0.05, 0.1) is 6.10 Å². The predicted molar refractivity (Wildman–Crippen MR) is 61.3 cm³/mol. The van der Waals surface area contributed by atoms with Crippen LogP contribution in [-0.2, 0) is 9.53 Å². The molecule has 1 aromatic rings. The Morgan fingerprint density at radius 2 is 2.06 bits per heavy atom. The van der Waals surface area contributed by atoms with E-state index in [1.165, 1.54) is 0 Å². The number of methoxy groups -OCH3 is 1. The summed E-state index contributed by atoms with van der Waals surface area (Å²) >= 11 is 0. The molecule has 0 bridgehead atoms. The van der Waals surface area contributed by atoms with E-state index in [1.54, 1.807) is 19.2 Å². The molecule has 0 saturated heterocycles. The zero-order valence-electron chi connectivity index (χ0n) is 9.51. The van der Waals surface area contributed by atoms with Crippen molar-refractivity contribution in [3.05, 3.63) is 35.9 Å². The van der Waals surface area contributed by atoms with Gasteiger partial charge in [-0.3, -0.25) is 10.1 Å². The fourth-order valence-corrected chi connectivity index (χ4v) is 1.36. The normalized spacial score (nSPS) is 14.4. The van der Waals surface area contributed by atoms with Crippen LogP contribution in [0.5, 0.6) is 0 Å². The summed E-state index contributed by atoms with van der Waals surface area (Å²) in [5.41, 5.74) is 0.748. The lowest BCUT2D eigenvalue weighted by molar-refractivity contribution is -0.139. The average Bonchev–Trinajstić information content (AvgIpc) is 2.30. The van der Waals surface area contributed by atoms with Gasteiger partial charge in [0, 0.05) is 13.7 Å². The van der Waals surface area contributed by atoms with Crippen LogP contribution in [0.4, 0.5) is 0 Å².